The van der Waals surface area contributed by atoms with Crippen LogP contribution in [0.3, 0.4) is 0 Å². The highest BCUT2D eigenvalue weighted by atomic mass is 16.2. The molecule has 0 radical (unpaired) electrons. The SMILES string of the molecule is C=CCC(N)C(=O)N1CC(=O)NC(=O)C1. The maximum absolute atomic E-state index is 11.6. The predicted molar refractivity (Wildman–Crippen MR) is 52.5 cm³/mol. The van der Waals surface area contributed by atoms with Crippen molar-refractivity contribution in [1.82, 2.24) is 10.2 Å². The molecule has 3 amide bonds. The van der Waals surface area contributed by atoms with Crippen LogP contribution in [0.2, 0.25) is 0 Å². The molecule has 3 N–H and O–H groups in total. The number of nitrogens with two attached hydrogens (primary N) is 1. The van der Waals surface area contributed by atoms with Gasteiger partial charge in [0.15, 0.2) is 0 Å². The number of piperazine rings is 1. The van der Waals surface area contributed by atoms with E-state index in [4.69, 9.17) is 5.73 Å². The van der Waals surface area contributed by atoms with E-state index in [1.807, 2.05) is 0 Å². The van der Waals surface area contributed by atoms with Gasteiger partial charge in [-0.2, -0.15) is 0 Å². The van der Waals surface area contributed by atoms with E-state index in [2.05, 4.69) is 11.9 Å². The Hall–Kier alpha value is -1.69. The molecule has 1 saturated heterocycles. The van der Waals surface area contributed by atoms with Crippen molar-refractivity contribution in [3.05, 3.63) is 12.7 Å². The van der Waals surface area contributed by atoms with Gasteiger partial charge in [0.05, 0.1) is 6.04 Å². The third kappa shape index (κ3) is 2.88. The molecule has 1 heterocycles. The maximum Gasteiger partial charge on any atom is 0.246 e. The second-order valence-electron chi connectivity index (χ2n) is 3.30. The Kier molecular flexibility index (Phi) is 3.56. The highest BCUT2D eigenvalue weighted by Crippen LogP contribution is 2.01. The molecule has 15 heavy (non-hydrogen) atoms. The number of carbonyl (C=O) groups excluding carboxylic acids is 3. The Morgan fingerprint density at radius 3 is 2.53 bits per heavy atom. The zero-order valence-corrected chi connectivity index (χ0v) is 8.23. The van der Waals surface area contributed by atoms with Crippen LogP contribution in [0.4, 0.5) is 0 Å². The highest BCUT2D eigenvalue weighted by molar-refractivity contribution is 6.03. The summed E-state index contributed by atoms with van der Waals surface area (Å²) in [7, 11) is 0. The van der Waals surface area contributed by atoms with E-state index in [1.165, 1.54) is 6.08 Å². The summed E-state index contributed by atoms with van der Waals surface area (Å²) in [4.78, 5) is 34.7. The van der Waals surface area contributed by atoms with Crippen LogP contribution in [0.25, 0.3) is 0 Å². The molecule has 0 aromatic rings. The van der Waals surface area contributed by atoms with Gasteiger partial charge in [0, 0.05) is 0 Å². The van der Waals surface area contributed by atoms with Crippen LogP contribution in [0.5, 0.6) is 0 Å². The lowest BCUT2D eigenvalue weighted by molar-refractivity contribution is -0.146. The van der Waals surface area contributed by atoms with Gasteiger partial charge in [0.1, 0.15) is 13.1 Å². The summed E-state index contributed by atoms with van der Waals surface area (Å²) >= 11 is 0. The molecule has 1 aliphatic rings. The topological polar surface area (TPSA) is 92.5 Å². The molecule has 0 bridgehead atoms. The fourth-order valence-corrected chi connectivity index (χ4v) is 1.31. The van der Waals surface area contributed by atoms with Crippen LogP contribution in [0.1, 0.15) is 6.42 Å². The van der Waals surface area contributed by atoms with Crippen molar-refractivity contribution in [2.24, 2.45) is 5.73 Å². The average molecular weight is 211 g/mol. The largest absolute Gasteiger partial charge is 0.323 e. The van der Waals surface area contributed by atoms with E-state index in [0.29, 0.717) is 6.42 Å². The number of nitrogens with zero attached hydrogens (tertiary/aromatic N) is 1. The van der Waals surface area contributed by atoms with Crippen LogP contribution in [-0.2, 0) is 14.4 Å². The number of rotatable bonds is 3. The summed E-state index contributed by atoms with van der Waals surface area (Å²) in [5, 5.41) is 2.10. The van der Waals surface area contributed by atoms with Crippen LogP contribution in [0, 0.1) is 0 Å². The molecule has 0 aromatic heterocycles. The minimum absolute atomic E-state index is 0.116. The zero-order valence-electron chi connectivity index (χ0n) is 8.23. The first kappa shape index (κ1) is 11.4. The van der Waals surface area contributed by atoms with Crippen molar-refractivity contribution in [3.63, 3.8) is 0 Å². The van der Waals surface area contributed by atoms with Crippen LogP contribution in [0.15, 0.2) is 12.7 Å². The first-order valence-corrected chi connectivity index (χ1v) is 4.52. The molecule has 1 fully saturated rings. The van der Waals surface area contributed by atoms with E-state index in [0.717, 1.165) is 4.90 Å². The molecule has 0 spiro atoms. The number of imide groups is 1. The number of hydrogen-bond donors (Lipinski definition) is 2. The summed E-state index contributed by atoms with van der Waals surface area (Å²) in [6.45, 7) is 3.23. The minimum atomic E-state index is -0.735. The van der Waals surface area contributed by atoms with Gasteiger partial charge in [0.2, 0.25) is 17.7 Å². The van der Waals surface area contributed by atoms with Crippen molar-refractivity contribution >= 4 is 17.7 Å². The van der Waals surface area contributed by atoms with Crippen LogP contribution in [-0.4, -0.2) is 41.8 Å². The van der Waals surface area contributed by atoms with Crippen molar-refractivity contribution in [2.75, 3.05) is 13.1 Å². The van der Waals surface area contributed by atoms with Gasteiger partial charge in [-0.15, -0.1) is 6.58 Å². The van der Waals surface area contributed by atoms with Gasteiger partial charge in [-0.3, -0.25) is 19.7 Å². The van der Waals surface area contributed by atoms with Crippen LogP contribution >= 0.6 is 0 Å². The van der Waals surface area contributed by atoms with Crippen molar-refractivity contribution < 1.29 is 14.4 Å². The summed E-state index contributed by atoms with van der Waals surface area (Å²) in [6, 6.07) is -0.735. The van der Waals surface area contributed by atoms with Gasteiger partial charge < -0.3 is 10.6 Å². The second kappa shape index (κ2) is 4.70. The molecule has 6 heteroatoms. The number of carbonyl (C=O) groups is 3. The van der Waals surface area contributed by atoms with Gasteiger partial charge in [-0.1, -0.05) is 6.08 Å². The molecule has 1 atom stereocenters. The Bertz CT molecular complexity index is 298. The van der Waals surface area contributed by atoms with E-state index in [1.54, 1.807) is 0 Å². The monoisotopic (exact) mass is 211 g/mol. The maximum atomic E-state index is 11.6. The zero-order chi connectivity index (χ0) is 11.4. The molecule has 82 valence electrons. The number of hydrogen-bond acceptors (Lipinski definition) is 4. The van der Waals surface area contributed by atoms with Gasteiger partial charge in [-0.25, -0.2) is 0 Å². The normalized spacial score (nSPS) is 18.3. The second-order valence-corrected chi connectivity index (χ2v) is 3.30. The Morgan fingerprint density at radius 1 is 1.53 bits per heavy atom. The lowest BCUT2D eigenvalue weighted by Gasteiger charge is -2.27. The highest BCUT2D eigenvalue weighted by Gasteiger charge is 2.28. The molecule has 6 nitrogen and oxygen atoms in total. The third-order valence-corrected chi connectivity index (χ3v) is 2.00. The first-order valence-electron chi connectivity index (χ1n) is 4.52. The Labute approximate surface area is 87.1 Å². The molecular weight excluding hydrogens is 198 g/mol. The van der Waals surface area contributed by atoms with E-state index < -0.39 is 23.8 Å². The average Bonchev–Trinajstić information content (AvgIpc) is 2.15. The molecule has 1 aliphatic heterocycles. The third-order valence-electron chi connectivity index (χ3n) is 2.00. The fourth-order valence-electron chi connectivity index (χ4n) is 1.31. The summed E-state index contributed by atoms with van der Waals surface area (Å²) in [5.74, 6) is -1.37. The molecule has 1 unspecified atom stereocenters. The predicted octanol–water partition coefficient (Wildman–Crippen LogP) is -1.63. The van der Waals surface area contributed by atoms with Gasteiger partial charge >= 0.3 is 0 Å². The standard InChI is InChI=1S/C9H13N3O3/c1-2-3-6(10)9(15)12-4-7(13)11-8(14)5-12/h2,6H,1,3-5,10H2,(H,11,13,14). The van der Waals surface area contributed by atoms with Gasteiger partial charge in [-0.05, 0) is 6.42 Å². The van der Waals surface area contributed by atoms with Crippen molar-refractivity contribution in [2.45, 2.75) is 12.5 Å². The van der Waals surface area contributed by atoms with E-state index >= 15 is 0 Å². The fraction of sp³-hybridized carbons (Fsp3) is 0.444. The summed E-state index contributed by atoms with van der Waals surface area (Å²) in [6.07, 6.45) is 1.85. The van der Waals surface area contributed by atoms with Crippen molar-refractivity contribution in [3.8, 4) is 0 Å². The molecule has 1 rings (SSSR count). The van der Waals surface area contributed by atoms with Crippen LogP contribution < -0.4 is 11.1 Å². The molecular formula is C9H13N3O3. The lowest BCUT2D eigenvalue weighted by Crippen LogP contribution is -2.56. The summed E-state index contributed by atoms with van der Waals surface area (Å²) in [5.41, 5.74) is 5.54. The van der Waals surface area contributed by atoms with Gasteiger partial charge in [0.25, 0.3) is 0 Å². The molecule has 0 aliphatic carbocycles. The number of nitrogens with one attached hydrogen (secondary N) is 1. The molecule has 0 aromatic carbocycles. The smallest absolute Gasteiger partial charge is 0.246 e. The number of amides is 3. The lowest BCUT2D eigenvalue weighted by atomic mass is 10.2. The minimum Gasteiger partial charge on any atom is -0.323 e. The summed E-state index contributed by atoms with van der Waals surface area (Å²) < 4.78 is 0. The Balaban J connectivity index is 2.62. The molecule has 0 saturated carbocycles. The van der Waals surface area contributed by atoms with E-state index in [-0.39, 0.29) is 13.1 Å². The van der Waals surface area contributed by atoms with Crippen molar-refractivity contribution in [1.29, 1.82) is 0 Å². The van der Waals surface area contributed by atoms with E-state index in [9.17, 15) is 14.4 Å². The quantitative estimate of drug-likeness (QED) is 0.433. The Morgan fingerprint density at radius 2 is 2.07 bits per heavy atom. The first-order chi connectivity index (χ1) is 7.04.